The van der Waals surface area contributed by atoms with E-state index in [1.807, 2.05) is 29.2 Å². The van der Waals surface area contributed by atoms with Gasteiger partial charge in [0.15, 0.2) is 0 Å². The van der Waals surface area contributed by atoms with Crippen molar-refractivity contribution in [2.75, 3.05) is 26.0 Å². The van der Waals surface area contributed by atoms with Crippen molar-refractivity contribution < 1.29 is 18.3 Å². The Morgan fingerprint density at radius 2 is 1.96 bits per heavy atom. The molecule has 0 aromatic heterocycles. The summed E-state index contributed by atoms with van der Waals surface area (Å²) in [6.07, 6.45) is 1.74. The van der Waals surface area contributed by atoms with Crippen molar-refractivity contribution in [3.63, 3.8) is 0 Å². The summed E-state index contributed by atoms with van der Waals surface area (Å²) >= 11 is 1.59. The number of hydrogen-bond acceptors (Lipinski definition) is 3. The van der Waals surface area contributed by atoms with Crippen LogP contribution < -0.4 is 4.74 Å². The lowest BCUT2D eigenvalue weighted by atomic mass is 10.1. The van der Waals surface area contributed by atoms with Gasteiger partial charge in [0.25, 0.3) is 0 Å². The molecule has 1 aliphatic rings. The molecule has 1 atom stereocenters. The van der Waals surface area contributed by atoms with Crippen LogP contribution in [0.15, 0.2) is 42.5 Å². The number of amides is 1. The largest absolute Gasteiger partial charge is 0.497 e. The van der Waals surface area contributed by atoms with Crippen molar-refractivity contribution in [3.8, 4) is 5.75 Å². The van der Waals surface area contributed by atoms with Gasteiger partial charge in [-0.05, 0) is 48.7 Å². The molecule has 144 valence electrons. The summed E-state index contributed by atoms with van der Waals surface area (Å²) in [6.45, 7) is 1.20. The van der Waals surface area contributed by atoms with Crippen LogP contribution in [0, 0.1) is 11.6 Å². The van der Waals surface area contributed by atoms with Crippen molar-refractivity contribution >= 4 is 17.7 Å². The highest BCUT2D eigenvalue weighted by atomic mass is 32.2. The van der Waals surface area contributed by atoms with Crippen LogP contribution in [0.2, 0.25) is 0 Å². The topological polar surface area (TPSA) is 29.5 Å². The number of hydrogen-bond donors (Lipinski definition) is 0. The van der Waals surface area contributed by atoms with E-state index >= 15 is 0 Å². The molecular weight excluding hydrogens is 368 g/mol. The zero-order valence-electron chi connectivity index (χ0n) is 15.3. The van der Waals surface area contributed by atoms with E-state index in [0.717, 1.165) is 23.1 Å². The van der Waals surface area contributed by atoms with E-state index in [1.54, 1.807) is 18.9 Å². The third-order valence-electron chi connectivity index (χ3n) is 4.79. The van der Waals surface area contributed by atoms with Crippen LogP contribution in [0.25, 0.3) is 0 Å². The van der Waals surface area contributed by atoms with E-state index in [1.165, 1.54) is 12.1 Å². The van der Waals surface area contributed by atoms with Crippen LogP contribution in [0.1, 0.15) is 29.2 Å². The first-order valence-corrected chi connectivity index (χ1v) is 10.1. The summed E-state index contributed by atoms with van der Waals surface area (Å²) in [5.74, 6) is 0.809. The maximum atomic E-state index is 14.0. The van der Waals surface area contributed by atoms with Crippen LogP contribution in [0.5, 0.6) is 5.75 Å². The average Bonchev–Trinajstić information content (AvgIpc) is 2.94. The second-order valence-corrected chi connectivity index (χ2v) is 7.85. The van der Waals surface area contributed by atoms with E-state index in [2.05, 4.69) is 0 Å². The quantitative estimate of drug-likeness (QED) is 0.745. The Morgan fingerprint density at radius 3 is 2.70 bits per heavy atom. The number of methoxy groups -OCH3 is 1. The number of rotatable bonds is 5. The molecule has 2 aromatic rings. The predicted octanol–water partition coefficient (Wildman–Crippen LogP) is 4.61. The van der Waals surface area contributed by atoms with Gasteiger partial charge in [0.2, 0.25) is 5.91 Å². The standard InChI is InChI=1S/C21H23F2NO2S/c1-26-17-6-2-15(3-7-17)4-9-21(25)24-11-10-20(27-13-12-24)18-14-16(22)5-8-19(18)23/h2-3,5-8,14,20H,4,9-13H2,1H3. The number of nitrogens with zero attached hydrogens (tertiary/aromatic N) is 1. The fourth-order valence-corrected chi connectivity index (χ4v) is 4.47. The maximum absolute atomic E-state index is 14.0. The molecule has 1 amide bonds. The smallest absolute Gasteiger partial charge is 0.222 e. The number of aryl methyl sites for hydroxylation is 1. The Bertz CT molecular complexity index is 782. The number of benzene rings is 2. The summed E-state index contributed by atoms with van der Waals surface area (Å²) < 4.78 is 32.6. The van der Waals surface area contributed by atoms with Crippen molar-refractivity contribution in [1.29, 1.82) is 0 Å². The summed E-state index contributed by atoms with van der Waals surface area (Å²) in [4.78, 5) is 14.4. The van der Waals surface area contributed by atoms with Gasteiger partial charge >= 0.3 is 0 Å². The Kier molecular flexibility index (Phi) is 6.72. The van der Waals surface area contributed by atoms with Crippen LogP contribution in [-0.2, 0) is 11.2 Å². The van der Waals surface area contributed by atoms with Gasteiger partial charge in [-0.15, -0.1) is 0 Å². The molecule has 0 N–H and O–H groups in total. The van der Waals surface area contributed by atoms with Gasteiger partial charge in [0, 0.05) is 36.1 Å². The van der Waals surface area contributed by atoms with Crippen molar-refractivity contribution in [2.45, 2.75) is 24.5 Å². The molecule has 3 rings (SSSR count). The normalized spacial score (nSPS) is 17.4. The number of ether oxygens (including phenoxy) is 1. The molecule has 1 heterocycles. The van der Waals surface area contributed by atoms with Crippen LogP contribution in [0.4, 0.5) is 8.78 Å². The minimum atomic E-state index is -0.427. The zero-order valence-corrected chi connectivity index (χ0v) is 16.1. The highest BCUT2D eigenvalue weighted by Crippen LogP contribution is 2.36. The summed E-state index contributed by atoms with van der Waals surface area (Å²) in [6, 6.07) is 11.3. The van der Waals surface area contributed by atoms with Crippen molar-refractivity contribution in [2.24, 2.45) is 0 Å². The molecule has 1 fully saturated rings. The van der Waals surface area contributed by atoms with E-state index in [0.29, 0.717) is 37.9 Å². The summed E-state index contributed by atoms with van der Waals surface area (Å²) in [7, 11) is 1.62. The summed E-state index contributed by atoms with van der Waals surface area (Å²) in [5, 5.41) is -0.125. The first-order chi connectivity index (χ1) is 13.1. The second kappa shape index (κ2) is 9.22. The molecule has 0 bridgehead atoms. The number of thioether (sulfide) groups is 1. The fraction of sp³-hybridized carbons (Fsp3) is 0.381. The van der Waals surface area contributed by atoms with Crippen LogP contribution in [-0.4, -0.2) is 36.8 Å². The second-order valence-electron chi connectivity index (χ2n) is 6.54. The minimum absolute atomic E-state index is 0.104. The molecule has 2 aromatic carbocycles. The van der Waals surface area contributed by atoms with Crippen molar-refractivity contribution in [1.82, 2.24) is 4.90 Å². The molecule has 0 aliphatic carbocycles. The molecule has 27 heavy (non-hydrogen) atoms. The molecule has 0 spiro atoms. The first-order valence-electron chi connectivity index (χ1n) is 9.04. The lowest BCUT2D eigenvalue weighted by Gasteiger charge is -2.20. The Labute approximate surface area is 162 Å². The molecular formula is C21H23F2NO2S. The maximum Gasteiger partial charge on any atom is 0.222 e. The molecule has 1 unspecified atom stereocenters. The molecule has 1 saturated heterocycles. The third kappa shape index (κ3) is 5.22. The van der Waals surface area contributed by atoms with Gasteiger partial charge in [0.05, 0.1) is 7.11 Å². The van der Waals surface area contributed by atoms with E-state index in [4.69, 9.17) is 4.74 Å². The lowest BCUT2D eigenvalue weighted by molar-refractivity contribution is -0.130. The first kappa shape index (κ1) is 19.7. The van der Waals surface area contributed by atoms with Crippen LogP contribution >= 0.6 is 11.8 Å². The lowest BCUT2D eigenvalue weighted by Crippen LogP contribution is -2.33. The molecule has 0 saturated carbocycles. The highest BCUT2D eigenvalue weighted by Gasteiger charge is 2.24. The minimum Gasteiger partial charge on any atom is -0.497 e. The SMILES string of the molecule is COc1ccc(CCC(=O)N2CCSC(c3cc(F)ccc3F)CC2)cc1. The third-order valence-corrected chi connectivity index (χ3v) is 6.10. The van der Waals surface area contributed by atoms with E-state index < -0.39 is 5.82 Å². The summed E-state index contributed by atoms with van der Waals surface area (Å²) in [5.41, 5.74) is 1.49. The van der Waals surface area contributed by atoms with Crippen LogP contribution in [0.3, 0.4) is 0 Å². The molecule has 0 radical (unpaired) electrons. The zero-order chi connectivity index (χ0) is 19.2. The van der Waals surface area contributed by atoms with E-state index in [-0.39, 0.29) is 17.0 Å². The Hall–Kier alpha value is -2.08. The van der Waals surface area contributed by atoms with E-state index in [9.17, 15) is 13.6 Å². The highest BCUT2D eigenvalue weighted by molar-refractivity contribution is 7.99. The number of carbonyl (C=O) groups is 1. The average molecular weight is 391 g/mol. The number of carbonyl (C=O) groups excluding carboxylic acids is 1. The Balaban J connectivity index is 1.55. The monoisotopic (exact) mass is 391 g/mol. The fourth-order valence-electron chi connectivity index (χ4n) is 3.23. The molecule has 6 heteroatoms. The Morgan fingerprint density at radius 1 is 1.19 bits per heavy atom. The van der Waals surface area contributed by atoms with Gasteiger partial charge in [-0.3, -0.25) is 4.79 Å². The van der Waals surface area contributed by atoms with Crippen molar-refractivity contribution in [3.05, 3.63) is 65.2 Å². The van der Waals surface area contributed by atoms with Gasteiger partial charge in [-0.1, -0.05) is 12.1 Å². The molecule has 1 aliphatic heterocycles. The molecule has 3 nitrogen and oxygen atoms in total. The predicted molar refractivity (Wildman–Crippen MR) is 104 cm³/mol. The van der Waals surface area contributed by atoms with Gasteiger partial charge in [-0.2, -0.15) is 11.8 Å². The van der Waals surface area contributed by atoms with Gasteiger partial charge in [0.1, 0.15) is 17.4 Å². The number of halogens is 2. The van der Waals surface area contributed by atoms with Gasteiger partial charge < -0.3 is 9.64 Å². The van der Waals surface area contributed by atoms with Gasteiger partial charge in [-0.25, -0.2) is 8.78 Å².